The second kappa shape index (κ2) is 7.31. The number of hydrogen-bond acceptors (Lipinski definition) is 3. The molecule has 0 fully saturated rings. The van der Waals surface area contributed by atoms with E-state index in [9.17, 15) is 4.79 Å². The lowest BCUT2D eigenvalue weighted by molar-refractivity contribution is 0.0949. The van der Waals surface area contributed by atoms with Gasteiger partial charge in [0.05, 0.1) is 18.2 Å². The van der Waals surface area contributed by atoms with Crippen LogP contribution in [0.2, 0.25) is 0 Å². The molecule has 0 saturated carbocycles. The Balaban J connectivity index is 1.55. The van der Waals surface area contributed by atoms with Gasteiger partial charge in [-0.1, -0.05) is 36.4 Å². The van der Waals surface area contributed by atoms with E-state index in [1.165, 1.54) is 5.56 Å². The van der Waals surface area contributed by atoms with Crippen LogP contribution in [0.25, 0.3) is 5.65 Å². The smallest absolute Gasteiger partial charge is 0.253 e. The largest absolute Gasteiger partial charge is 0.345 e. The van der Waals surface area contributed by atoms with Crippen molar-refractivity contribution in [3.8, 4) is 0 Å². The summed E-state index contributed by atoms with van der Waals surface area (Å²) in [5.74, 6) is 0.600. The Morgan fingerprint density at radius 1 is 1.07 bits per heavy atom. The maximum atomic E-state index is 12.8. The van der Waals surface area contributed by atoms with Gasteiger partial charge in [-0.15, -0.1) is 10.2 Å². The zero-order chi connectivity index (χ0) is 19.7. The summed E-state index contributed by atoms with van der Waals surface area (Å²) < 4.78 is 4.08. The number of amides is 1. The molecule has 3 heterocycles. The molecule has 0 spiro atoms. The predicted octanol–water partition coefficient (Wildman–Crippen LogP) is 3.69. The van der Waals surface area contributed by atoms with Gasteiger partial charge in [-0.3, -0.25) is 9.20 Å². The molecule has 0 aliphatic carbocycles. The number of hydrogen-bond donors (Lipinski definition) is 1. The Kier molecular flexibility index (Phi) is 4.69. The number of pyridine rings is 1. The van der Waals surface area contributed by atoms with E-state index in [-0.39, 0.29) is 11.9 Å². The minimum absolute atomic E-state index is 0.104. The number of aryl methyl sites for hydroxylation is 1. The van der Waals surface area contributed by atoms with Gasteiger partial charge >= 0.3 is 0 Å². The third kappa shape index (κ3) is 3.17. The van der Waals surface area contributed by atoms with Crippen molar-refractivity contribution in [3.05, 3.63) is 89.1 Å². The van der Waals surface area contributed by atoms with Crippen molar-refractivity contribution < 1.29 is 4.79 Å². The molecule has 4 aromatic rings. The first kappa shape index (κ1) is 18.0. The van der Waals surface area contributed by atoms with Crippen LogP contribution in [0, 0.1) is 13.8 Å². The average molecular weight is 373 g/mol. The number of carbonyl (C=O) groups excluding carboxylic acids is 1. The van der Waals surface area contributed by atoms with Gasteiger partial charge in [0.25, 0.3) is 5.91 Å². The van der Waals surface area contributed by atoms with Crippen molar-refractivity contribution in [2.24, 2.45) is 0 Å². The lowest BCUT2D eigenvalue weighted by Crippen LogP contribution is -2.24. The van der Waals surface area contributed by atoms with Crippen LogP contribution in [0.5, 0.6) is 0 Å². The van der Waals surface area contributed by atoms with Crippen molar-refractivity contribution in [2.45, 2.75) is 33.4 Å². The van der Waals surface area contributed by atoms with Crippen LogP contribution in [-0.4, -0.2) is 25.1 Å². The highest BCUT2D eigenvalue weighted by Gasteiger charge is 2.20. The Bertz CT molecular complexity index is 1130. The summed E-state index contributed by atoms with van der Waals surface area (Å²) in [5.41, 5.74) is 4.69. The number of rotatable bonds is 5. The summed E-state index contributed by atoms with van der Waals surface area (Å²) >= 11 is 0. The number of aromatic nitrogens is 4. The van der Waals surface area contributed by atoms with Crippen LogP contribution in [0.1, 0.15) is 46.1 Å². The van der Waals surface area contributed by atoms with E-state index in [1.54, 1.807) is 0 Å². The fourth-order valence-corrected chi connectivity index (χ4v) is 3.75. The molecule has 1 aromatic carbocycles. The molecule has 0 bridgehead atoms. The molecule has 0 radical (unpaired) electrons. The number of carbonyl (C=O) groups is 1. The molecule has 0 aliphatic rings. The topological polar surface area (TPSA) is 64.2 Å². The van der Waals surface area contributed by atoms with Gasteiger partial charge in [-0.2, -0.15) is 0 Å². The number of benzene rings is 1. The molecule has 1 atom stereocenters. The van der Waals surface area contributed by atoms with E-state index in [2.05, 4.69) is 39.1 Å². The molecule has 1 unspecified atom stereocenters. The number of nitrogens with one attached hydrogen (secondary N) is 1. The molecule has 0 saturated heterocycles. The second-order valence-corrected chi connectivity index (χ2v) is 6.97. The molecular formula is C22H23N5O. The monoisotopic (exact) mass is 373 g/mol. The second-order valence-electron chi connectivity index (χ2n) is 6.97. The van der Waals surface area contributed by atoms with Gasteiger partial charge in [0.2, 0.25) is 0 Å². The van der Waals surface area contributed by atoms with E-state index in [4.69, 9.17) is 0 Å². The molecule has 4 rings (SSSR count). The van der Waals surface area contributed by atoms with Crippen LogP contribution in [0.15, 0.2) is 60.8 Å². The molecule has 142 valence electrons. The minimum Gasteiger partial charge on any atom is -0.345 e. The van der Waals surface area contributed by atoms with Crippen LogP contribution in [-0.2, 0) is 6.54 Å². The van der Waals surface area contributed by atoms with E-state index >= 15 is 0 Å². The Hall–Kier alpha value is -3.41. The summed E-state index contributed by atoms with van der Waals surface area (Å²) in [4.78, 5) is 12.8. The van der Waals surface area contributed by atoms with E-state index in [1.807, 2.05) is 66.9 Å². The SMILES string of the molecule is Cc1cc(C(=O)NCc2nnc3ccccn23)c(C)n1C(C)c1ccccc1. The highest BCUT2D eigenvalue weighted by atomic mass is 16.1. The first-order valence-corrected chi connectivity index (χ1v) is 9.36. The lowest BCUT2D eigenvalue weighted by Gasteiger charge is -2.19. The Morgan fingerprint density at radius 2 is 1.82 bits per heavy atom. The highest BCUT2D eigenvalue weighted by Crippen LogP contribution is 2.25. The number of nitrogens with zero attached hydrogens (tertiary/aromatic N) is 4. The maximum absolute atomic E-state index is 12.8. The van der Waals surface area contributed by atoms with Gasteiger partial charge in [0.15, 0.2) is 11.5 Å². The Morgan fingerprint density at radius 3 is 2.61 bits per heavy atom. The molecule has 6 nitrogen and oxygen atoms in total. The zero-order valence-electron chi connectivity index (χ0n) is 16.3. The molecule has 6 heteroatoms. The van der Waals surface area contributed by atoms with Crippen LogP contribution in [0.4, 0.5) is 0 Å². The highest BCUT2D eigenvalue weighted by molar-refractivity contribution is 5.95. The molecule has 28 heavy (non-hydrogen) atoms. The third-order valence-corrected chi connectivity index (χ3v) is 5.19. The molecule has 1 N–H and O–H groups in total. The quantitative estimate of drug-likeness (QED) is 0.580. The molecule has 0 aliphatic heterocycles. The summed E-state index contributed by atoms with van der Waals surface area (Å²) in [6.07, 6.45) is 1.89. The lowest BCUT2D eigenvalue weighted by atomic mass is 10.1. The first-order chi connectivity index (χ1) is 13.6. The van der Waals surface area contributed by atoms with Gasteiger partial charge in [-0.05, 0) is 44.5 Å². The molecule has 3 aromatic heterocycles. The molecule has 1 amide bonds. The number of fused-ring (bicyclic) bond motifs is 1. The van der Waals surface area contributed by atoms with Crippen LogP contribution in [0.3, 0.4) is 0 Å². The summed E-state index contributed by atoms with van der Waals surface area (Å²) in [7, 11) is 0. The zero-order valence-corrected chi connectivity index (χ0v) is 16.3. The van der Waals surface area contributed by atoms with E-state index in [0.717, 1.165) is 17.0 Å². The predicted molar refractivity (Wildman–Crippen MR) is 108 cm³/mol. The van der Waals surface area contributed by atoms with Gasteiger partial charge in [-0.25, -0.2) is 0 Å². The van der Waals surface area contributed by atoms with E-state index in [0.29, 0.717) is 17.9 Å². The van der Waals surface area contributed by atoms with Crippen molar-refractivity contribution >= 4 is 11.6 Å². The summed E-state index contributed by atoms with van der Waals surface area (Å²) in [5, 5.41) is 11.3. The fourth-order valence-electron chi connectivity index (χ4n) is 3.75. The molecular weight excluding hydrogens is 350 g/mol. The minimum atomic E-state index is -0.104. The Labute approximate surface area is 163 Å². The summed E-state index contributed by atoms with van der Waals surface area (Å²) in [6.45, 7) is 6.50. The van der Waals surface area contributed by atoms with Crippen molar-refractivity contribution in [1.29, 1.82) is 0 Å². The fraction of sp³-hybridized carbons (Fsp3) is 0.227. The van der Waals surface area contributed by atoms with Crippen LogP contribution < -0.4 is 5.32 Å². The van der Waals surface area contributed by atoms with Gasteiger partial charge in [0, 0.05) is 17.6 Å². The standard InChI is InChI=1S/C22H23N5O/c1-15-13-19(17(3)27(15)16(2)18-9-5-4-6-10-18)22(28)23-14-21-25-24-20-11-7-8-12-26(20)21/h4-13,16H,14H2,1-3H3,(H,23,28). The van der Waals surface area contributed by atoms with E-state index < -0.39 is 0 Å². The normalized spacial score (nSPS) is 12.2. The van der Waals surface area contributed by atoms with Gasteiger partial charge < -0.3 is 9.88 Å². The third-order valence-electron chi connectivity index (χ3n) is 5.19. The van der Waals surface area contributed by atoms with Gasteiger partial charge in [0.1, 0.15) is 0 Å². The van der Waals surface area contributed by atoms with Crippen LogP contribution >= 0.6 is 0 Å². The average Bonchev–Trinajstić information content (AvgIpc) is 3.26. The van der Waals surface area contributed by atoms with Crippen molar-refractivity contribution in [3.63, 3.8) is 0 Å². The van der Waals surface area contributed by atoms with Crippen molar-refractivity contribution in [2.75, 3.05) is 0 Å². The maximum Gasteiger partial charge on any atom is 0.253 e. The summed E-state index contributed by atoms with van der Waals surface area (Å²) in [6, 6.07) is 18.1. The first-order valence-electron chi connectivity index (χ1n) is 9.36. The van der Waals surface area contributed by atoms with Crippen molar-refractivity contribution in [1.82, 2.24) is 24.5 Å².